The van der Waals surface area contributed by atoms with E-state index in [1.165, 1.54) is 0 Å². The molecule has 4 N–H and O–H groups in total. The van der Waals surface area contributed by atoms with Gasteiger partial charge in [-0.05, 0) is 0 Å². The Kier molecular flexibility index (Phi) is 14.5. The van der Waals surface area contributed by atoms with Crippen LogP contribution in [0.3, 0.4) is 0 Å². The second kappa shape index (κ2) is 9.52. The molecule has 0 unspecified atom stereocenters. The summed E-state index contributed by atoms with van der Waals surface area (Å²) in [4.78, 5) is 9.98. The zero-order valence-corrected chi connectivity index (χ0v) is 6.67. The molecule has 0 aliphatic heterocycles. The van der Waals surface area contributed by atoms with Gasteiger partial charge in [0.15, 0.2) is 0 Å². The van der Waals surface area contributed by atoms with E-state index in [0.717, 1.165) is 0 Å². The summed E-state index contributed by atoms with van der Waals surface area (Å²) in [5, 5.41) is 31.6. The molecule has 0 atom stereocenters. The summed E-state index contributed by atoms with van der Waals surface area (Å²) in [5.41, 5.74) is 0. The number of carbonyl (C=O) groups is 1. The van der Waals surface area contributed by atoms with Crippen LogP contribution in [-0.2, 0) is 9.31 Å². The van der Waals surface area contributed by atoms with Gasteiger partial charge in [0.05, 0.1) is 0 Å². The standard InChI is InChI=1S/CH4B2O7.2Li.2H/c4-1(9-2(5)6)10-3(7)8;;;;/h5-8H;;;;/q;2*+1;2*-1. The Balaban J connectivity index is -0.0000000675. The summed E-state index contributed by atoms with van der Waals surface area (Å²) in [6.45, 7) is 0. The molecule has 0 rings (SSSR count). The second-order valence-corrected chi connectivity index (χ2v) is 1.14. The molecule has 0 saturated carbocycles. The van der Waals surface area contributed by atoms with Crippen molar-refractivity contribution >= 4 is 20.8 Å². The molecule has 0 amide bonds. The maximum absolute atomic E-state index is 9.98. The summed E-state index contributed by atoms with van der Waals surface area (Å²) in [6.07, 6.45) is -1.59. The van der Waals surface area contributed by atoms with E-state index in [1.54, 1.807) is 0 Å². The van der Waals surface area contributed by atoms with Gasteiger partial charge in [0.2, 0.25) is 0 Å². The Morgan fingerprint density at radius 2 is 1.25 bits per heavy atom. The third-order valence-electron chi connectivity index (χ3n) is 0.403. The fourth-order valence-corrected chi connectivity index (χ4v) is 0.200. The van der Waals surface area contributed by atoms with E-state index in [-0.39, 0.29) is 40.6 Å². The topological polar surface area (TPSA) is 116 Å². The van der Waals surface area contributed by atoms with Gasteiger partial charge >= 0.3 is 58.5 Å². The van der Waals surface area contributed by atoms with Gasteiger partial charge in [0, 0.05) is 0 Å². The third-order valence-corrected chi connectivity index (χ3v) is 0.403. The summed E-state index contributed by atoms with van der Waals surface area (Å²) >= 11 is 0. The van der Waals surface area contributed by atoms with Crippen LogP contribution in [-0.4, -0.2) is 40.9 Å². The van der Waals surface area contributed by atoms with E-state index >= 15 is 0 Å². The van der Waals surface area contributed by atoms with Gasteiger partial charge in [-0.15, -0.1) is 0 Å². The van der Waals surface area contributed by atoms with Crippen molar-refractivity contribution in [3.05, 3.63) is 0 Å². The molecule has 0 fully saturated rings. The first-order valence-electron chi connectivity index (χ1n) is 2.12. The predicted molar refractivity (Wildman–Crippen MR) is 30.2 cm³/mol. The first-order chi connectivity index (χ1) is 4.52. The van der Waals surface area contributed by atoms with Gasteiger partial charge in [-0.1, -0.05) is 0 Å². The number of carbonyl (C=O) groups excluding carboxylic acids is 1. The molecule has 11 heteroatoms. The van der Waals surface area contributed by atoms with Gasteiger partial charge in [-0.25, -0.2) is 4.79 Å². The molecule has 7 nitrogen and oxygen atoms in total. The quantitative estimate of drug-likeness (QED) is 0.300. The maximum atomic E-state index is 9.98. The van der Waals surface area contributed by atoms with Crippen molar-refractivity contribution < 1.29 is 74.8 Å². The molecule has 0 aromatic carbocycles. The third kappa shape index (κ3) is 13.1. The zero-order chi connectivity index (χ0) is 8.15. The van der Waals surface area contributed by atoms with Gasteiger partial charge in [-0.2, -0.15) is 0 Å². The summed E-state index contributed by atoms with van der Waals surface area (Å²) in [5.74, 6) is 0. The summed E-state index contributed by atoms with van der Waals surface area (Å²) in [6, 6.07) is 0. The normalized spacial score (nSPS) is 7.00. The molecule has 60 valence electrons. The first kappa shape index (κ1) is 18.3. The molecular formula is CH6B2Li2O7. The molecule has 0 saturated heterocycles. The fraction of sp³-hybridized carbons (Fsp3) is 0. The van der Waals surface area contributed by atoms with Crippen molar-refractivity contribution in [1.29, 1.82) is 0 Å². The van der Waals surface area contributed by atoms with Crippen molar-refractivity contribution in [2.45, 2.75) is 0 Å². The molecule has 0 heterocycles. The average molecular weight is 166 g/mol. The van der Waals surface area contributed by atoms with Crippen LogP contribution in [0, 0.1) is 0 Å². The number of hydrogen-bond donors (Lipinski definition) is 4. The van der Waals surface area contributed by atoms with Gasteiger partial charge in [0.1, 0.15) is 0 Å². The largest absolute Gasteiger partial charge is 1.00 e. The molecule has 0 radical (unpaired) electrons. The van der Waals surface area contributed by atoms with Crippen molar-refractivity contribution in [3.63, 3.8) is 0 Å². The molecule has 0 aromatic rings. The van der Waals surface area contributed by atoms with Crippen molar-refractivity contribution in [2.24, 2.45) is 0 Å². The van der Waals surface area contributed by atoms with E-state index in [0.29, 0.717) is 0 Å². The van der Waals surface area contributed by atoms with Crippen LogP contribution >= 0.6 is 0 Å². The number of hydrogen-bond acceptors (Lipinski definition) is 7. The monoisotopic (exact) mass is 166 g/mol. The molecule has 0 aliphatic rings. The Morgan fingerprint density at radius 3 is 1.42 bits per heavy atom. The molecule has 0 aromatic heterocycles. The molecule has 0 bridgehead atoms. The minimum atomic E-state index is -2.33. The van der Waals surface area contributed by atoms with Gasteiger partial charge in [0.25, 0.3) is 0 Å². The Morgan fingerprint density at radius 1 is 1.00 bits per heavy atom. The van der Waals surface area contributed by atoms with Crippen molar-refractivity contribution in [3.8, 4) is 0 Å². The van der Waals surface area contributed by atoms with Crippen LogP contribution in [0.2, 0.25) is 0 Å². The van der Waals surface area contributed by atoms with Crippen molar-refractivity contribution in [1.82, 2.24) is 0 Å². The van der Waals surface area contributed by atoms with E-state index in [4.69, 9.17) is 20.1 Å². The smallest absolute Gasteiger partial charge is 1.00 e. The fourth-order valence-electron chi connectivity index (χ4n) is 0.200. The van der Waals surface area contributed by atoms with Crippen LogP contribution in [0.5, 0.6) is 0 Å². The minimum absolute atomic E-state index is 0. The Hall–Kier alpha value is 0.435. The summed E-state index contributed by atoms with van der Waals surface area (Å²) < 4.78 is 6.98. The van der Waals surface area contributed by atoms with Gasteiger partial charge < -0.3 is 32.3 Å². The van der Waals surface area contributed by atoms with Crippen LogP contribution in [0.15, 0.2) is 0 Å². The predicted octanol–water partition coefficient (Wildman–Crippen LogP) is -8.69. The molecule has 0 spiro atoms. The van der Waals surface area contributed by atoms with E-state index in [2.05, 4.69) is 9.31 Å². The molecule has 12 heavy (non-hydrogen) atoms. The Labute approximate surface area is 95.7 Å². The van der Waals surface area contributed by atoms with Crippen LogP contribution in [0.1, 0.15) is 2.85 Å². The van der Waals surface area contributed by atoms with Crippen molar-refractivity contribution in [2.75, 3.05) is 0 Å². The second-order valence-electron chi connectivity index (χ2n) is 1.14. The van der Waals surface area contributed by atoms with Crippen LogP contribution < -0.4 is 37.7 Å². The van der Waals surface area contributed by atoms with Gasteiger partial charge in [-0.3, -0.25) is 0 Å². The van der Waals surface area contributed by atoms with Crippen LogP contribution in [0.4, 0.5) is 4.79 Å². The van der Waals surface area contributed by atoms with E-state index in [1.807, 2.05) is 0 Å². The maximum Gasteiger partial charge on any atom is 1.00 e. The van der Waals surface area contributed by atoms with E-state index in [9.17, 15) is 4.79 Å². The average Bonchev–Trinajstić information content (AvgIpc) is 1.58. The zero-order valence-electron chi connectivity index (χ0n) is 8.67. The first-order valence-corrected chi connectivity index (χ1v) is 2.12. The number of rotatable bonds is 2. The SMILES string of the molecule is O=C(OB(O)O)OB(O)O.[H-].[H-].[Li+].[Li+]. The van der Waals surface area contributed by atoms with E-state index < -0.39 is 20.8 Å². The van der Waals surface area contributed by atoms with Crippen LogP contribution in [0.25, 0.3) is 0 Å². The molecule has 0 aliphatic carbocycles. The molecular weight excluding hydrogens is 160 g/mol. The Bertz CT molecular complexity index is 114. The summed E-state index contributed by atoms with van der Waals surface area (Å²) in [7, 11) is -4.66. The minimum Gasteiger partial charge on any atom is -1.00 e.